The number of hydrogen-bond donors (Lipinski definition) is 3. The number of pyridine rings is 1. The summed E-state index contributed by atoms with van der Waals surface area (Å²) in [5.41, 5.74) is 8.88. The Labute approximate surface area is 160 Å². The van der Waals surface area contributed by atoms with Gasteiger partial charge in [0.1, 0.15) is 11.5 Å². The molecule has 2 aromatic carbocycles. The molecule has 0 aliphatic carbocycles. The molecule has 4 rings (SSSR count). The summed E-state index contributed by atoms with van der Waals surface area (Å²) in [6.07, 6.45) is 1.62. The third kappa shape index (κ3) is 3.59. The zero-order chi connectivity index (χ0) is 19.5. The summed E-state index contributed by atoms with van der Waals surface area (Å²) in [5, 5.41) is 3.96. The summed E-state index contributed by atoms with van der Waals surface area (Å²) in [6, 6.07) is 18.8. The first-order valence-corrected chi connectivity index (χ1v) is 8.68. The SMILES string of the molecule is NC(=O)c1ccc(-c2ccc(CNc3nc(=O)[nH]c4ncccc34)cc2)cc1. The van der Waals surface area contributed by atoms with Crippen molar-refractivity contribution in [3.63, 3.8) is 0 Å². The van der Waals surface area contributed by atoms with Gasteiger partial charge in [-0.05, 0) is 41.0 Å². The number of primary amides is 1. The minimum absolute atomic E-state index is 0.441. The quantitative estimate of drug-likeness (QED) is 0.499. The molecule has 4 N–H and O–H groups in total. The van der Waals surface area contributed by atoms with E-state index in [1.807, 2.05) is 42.5 Å². The average molecular weight is 371 g/mol. The molecule has 0 bridgehead atoms. The van der Waals surface area contributed by atoms with E-state index in [2.05, 4.69) is 20.3 Å². The number of amides is 1. The van der Waals surface area contributed by atoms with Gasteiger partial charge in [0, 0.05) is 18.3 Å². The van der Waals surface area contributed by atoms with Crippen LogP contribution in [-0.2, 0) is 6.54 Å². The number of rotatable bonds is 5. The molecular formula is C21H17N5O2. The molecule has 0 fully saturated rings. The summed E-state index contributed by atoms with van der Waals surface area (Å²) in [5.74, 6) is 0.0574. The number of nitrogens with one attached hydrogen (secondary N) is 2. The molecule has 7 nitrogen and oxygen atoms in total. The Kier molecular flexibility index (Phi) is 4.55. The molecule has 0 spiro atoms. The van der Waals surface area contributed by atoms with E-state index >= 15 is 0 Å². The molecule has 4 aromatic rings. The van der Waals surface area contributed by atoms with E-state index < -0.39 is 11.6 Å². The highest BCUT2D eigenvalue weighted by molar-refractivity contribution is 5.93. The van der Waals surface area contributed by atoms with Gasteiger partial charge in [0.2, 0.25) is 5.91 Å². The predicted molar refractivity (Wildman–Crippen MR) is 108 cm³/mol. The second-order valence-corrected chi connectivity index (χ2v) is 6.28. The van der Waals surface area contributed by atoms with E-state index in [0.717, 1.165) is 22.1 Å². The van der Waals surface area contributed by atoms with E-state index in [1.54, 1.807) is 24.4 Å². The Bertz CT molecular complexity index is 1200. The van der Waals surface area contributed by atoms with Crippen LogP contribution in [0.1, 0.15) is 15.9 Å². The van der Waals surface area contributed by atoms with Crippen LogP contribution in [0.2, 0.25) is 0 Å². The Morgan fingerprint density at radius 2 is 1.68 bits per heavy atom. The van der Waals surface area contributed by atoms with E-state index in [4.69, 9.17) is 5.73 Å². The molecule has 2 aromatic heterocycles. The van der Waals surface area contributed by atoms with Crippen molar-refractivity contribution in [2.24, 2.45) is 5.73 Å². The third-order valence-corrected chi connectivity index (χ3v) is 4.42. The lowest BCUT2D eigenvalue weighted by Gasteiger charge is -2.09. The number of aromatic nitrogens is 3. The van der Waals surface area contributed by atoms with Gasteiger partial charge in [0.25, 0.3) is 0 Å². The molecule has 0 saturated carbocycles. The van der Waals surface area contributed by atoms with Crippen LogP contribution in [0, 0.1) is 0 Å². The van der Waals surface area contributed by atoms with Crippen molar-refractivity contribution < 1.29 is 4.79 Å². The number of H-pyrrole nitrogens is 1. The van der Waals surface area contributed by atoms with Gasteiger partial charge in [-0.25, -0.2) is 9.78 Å². The first-order valence-electron chi connectivity index (χ1n) is 8.68. The largest absolute Gasteiger partial charge is 0.366 e. The van der Waals surface area contributed by atoms with Crippen molar-refractivity contribution in [2.75, 3.05) is 5.32 Å². The lowest BCUT2D eigenvalue weighted by atomic mass is 10.0. The fourth-order valence-corrected chi connectivity index (χ4v) is 2.95. The summed E-state index contributed by atoms with van der Waals surface area (Å²) in [7, 11) is 0. The van der Waals surface area contributed by atoms with Gasteiger partial charge in [0.15, 0.2) is 0 Å². The first kappa shape index (κ1) is 17.4. The van der Waals surface area contributed by atoms with Crippen molar-refractivity contribution in [1.82, 2.24) is 15.0 Å². The van der Waals surface area contributed by atoms with E-state index in [0.29, 0.717) is 23.6 Å². The smallest absolute Gasteiger partial charge is 0.348 e. The number of hydrogen-bond acceptors (Lipinski definition) is 5. The van der Waals surface area contributed by atoms with Crippen LogP contribution in [0.5, 0.6) is 0 Å². The van der Waals surface area contributed by atoms with Crippen molar-refractivity contribution in [3.05, 3.63) is 88.5 Å². The van der Waals surface area contributed by atoms with Crippen LogP contribution in [0.25, 0.3) is 22.2 Å². The Morgan fingerprint density at radius 1 is 1.00 bits per heavy atom. The van der Waals surface area contributed by atoms with Crippen LogP contribution in [0.3, 0.4) is 0 Å². The number of aromatic amines is 1. The fourth-order valence-electron chi connectivity index (χ4n) is 2.95. The zero-order valence-corrected chi connectivity index (χ0v) is 14.8. The number of carbonyl (C=O) groups is 1. The molecule has 7 heteroatoms. The van der Waals surface area contributed by atoms with Gasteiger partial charge in [-0.15, -0.1) is 0 Å². The standard InChI is InChI=1S/C21H17N5O2/c22-18(27)16-9-7-15(8-10-16)14-5-3-13(4-6-14)12-24-20-17-2-1-11-23-19(17)25-21(28)26-20/h1-11H,12H2,(H2,22,27)(H2,23,24,25,26,28). The van der Waals surface area contributed by atoms with E-state index in [1.165, 1.54) is 0 Å². The van der Waals surface area contributed by atoms with Crippen LogP contribution in [0.15, 0.2) is 71.7 Å². The molecule has 28 heavy (non-hydrogen) atoms. The minimum Gasteiger partial charge on any atom is -0.366 e. The molecule has 0 atom stereocenters. The maximum Gasteiger partial charge on any atom is 0.348 e. The monoisotopic (exact) mass is 371 g/mol. The number of nitrogens with zero attached hydrogens (tertiary/aromatic N) is 2. The van der Waals surface area contributed by atoms with Crippen LogP contribution in [-0.4, -0.2) is 20.9 Å². The predicted octanol–water partition coefficient (Wildman–Crippen LogP) is 2.70. The Morgan fingerprint density at radius 3 is 2.36 bits per heavy atom. The first-order chi connectivity index (χ1) is 13.6. The van der Waals surface area contributed by atoms with Gasteiger partial charge in [-0.3, -0.25) is 9.78 Å². The summed E-state index contributed by atoms with van der Waals surface area (Å²) < 4.78 is 0. The van der Waals surface area contributed by atoms with Crippen molar-refractivity contribution in [2.45, 2.75) is 6.54 Å². The number of carbonyl (C=O) groups excluding carboxylic acids is 1. The van der Waals surface area contributed by atoms with Crippen molar-refractivity contribution in [1.29, 1.82) is 0 Å². The van der Waals surface area contributed by atoms with E-state index in [-0.39, 0.29) is 0 Å². The topological polar surface area (TPSA) is 114 Å². The van der Waals surface area contributed by atoms with Crippen LogP contribution >= 0.6 is 0 Å². The highest BCUT2D eigenvalue weighted by Gasteiger charge is 2.06. The maximum absolute atomic E-state index is 11.7. The molecule has 138 valence electrons. The second-order valence-electron chi connectivity index (χ2n) is 6.28. The van der Waals surface area contributed by atoms with Gasteiger partial charge < -0.3 is 11.1 Å². The maximum atomic E-state index is 11.7. The highest BCUT2D eigenvalue weighted by atomic mass is 16.1. The summed E-state index contributed by atoms with van der Waals surface area (Å²) in [4.78, 5) is 33.7. The van der Waals surface area contributed by atoms with Gasteiger partial charge >= 0.3 is 5.69 Å². The number of nitrogens with two attached hydrogens (primary N) is 1. The lowest BCUT2D eigenvalue weighted by Crippen LogP contribution is -2.14. The van der Waals surface area contributed by atoms with Crippen LogP contribution < -0.4 is 16.7 Å². The number of anilines is 1. The third-order valence-electron chi connectivity index (χ3n) is 4.42. The fraction of sp³-hybridized carbons (Fsp3) is 0.0476. The zero-order valence-electron chi connectivity index (χ0n) is 14.8. The van der Waals surface area contributed by atoms with Gasteiger partial charge in [-0.2, -0.15) is 4.98 Å². The molecule has 0 saturated heterocycles. The molecule has 1 amide bonds. The highest BCUT2D eigenvalue weighted by Crippen LogP contribution is 2.21. The molecule has 0 aliphatic heterocycles. The van der Waals surface area contributed by atoms with Crippen molar-refractivity contribution in [3.8, 4) is 11.1 Å². The summed E-state index contributed by atoms with van der Waals surface area (Å²) in [6.45, 7) is 0.515. The molecule has 0 aliphatic rings. The Balaban J connectivity index is 1.51. The summed E-state index contributed by atoms with van der Waals surface area (Å²) >= 11 is 0. The second kappa shape index (κ2) is 7.32. The molecule has 0 radical (unpaired) electrons. The Hall–Kier alpha value is -4.00. The molecule has 0 unspecified atom stereocenters. The van der Waals surface area contributed by atoms with Gasteiger partial charge in [-0.1, -0.05) is 36.4 Å². The van der Waals surface area contributed by atoms with Crippen molar-refractivity contribution >= 4 is 22.8 Å². The molecular weight excluding hydrogens is 354 g/mol. The van der Waals surface area contributed by atoms with Crippen LogP contribution in [0.4, 0.5) is 5.82 Å². The number of benzene rings is 2. The van der Waals surface area contributed by atoms with E-state index in [9.17, 15) is 9.59 Å². The molecule has 2 heterocycles. The average Bonchev–Trinajstić information content (AvgIpc) is 2.72. The van der Waals surface area contributed by atoms with Gasteiger partial charge in [0.05, 0.1) is 5.39 Å². The number of fused-ring (bicyclic) bond motifs is 1. The lowest BCUT2D eigenvalue weighted by molar-refractivity contribution is 0.100. The minimum atomic E-state index is -0.441. The normalized spacial score (nSPS) is 10.7.